The molecule has 0 aromatic heterocycles. The molecule has 138 valence electrons. The SMILES string of the molecule is COc1ccc(C(=O)NCCNC(=O)CCc2ccccc2OC)cc1. The highest BCUT2D eigenvalue weighted by Gasteiger charge is 2.07. The highest BCUT2D eigenvalue weighted by Crippen LogP contribution is 2.18. The largest absolute Gasteiger partial charge is 0.497 e. The van der Waals surface area contributed by atoms with E-state index in [2.05, 4.69) is 10.6 Å². The molecule has 0 aliphatic heterocycles. The van der Waals surface area contributed by atoms with Gasteiger partial charge in [0.2, 0.25) is 5.91 Å². The van der Waals surface area contributed by atoms with E-state index in [0.717, 1.165) is 11.3 Å². The van der Waals surface area contributed by atoms with E-state index in [1.165, 1.54) is 0 Å². The summed E-state index contributed by atoms with van der Waals surface area (Å²) in [6.07, 6.45) is 0.973. The number of carbonyl (C=O) groups excluding carboxylic acids is 2. The third kappa shape index (κ3) is 5.81. The molecule has 0 spiro atoms. The Morgan fingerprint density at radius 1 is 0.885 bits per heavy atom. The maximum absolute atomic E-state index is 12.0. The van der Waals surface area contributed by atoms with Gasteiger partial charge in [-0.15, -0.1) is 0 Å². The van der Waals surface area contributed by atoms with Crippen molar-refractivity contribution in [3.8, 4) is 11.5 Å². The van der Waals surface area contributed by atoms with Crippen LogP contribution in [0.25, 0.3) is 0 Å². The number of ether oxygens (including phenoxy) is 2. The molecule has 0 heterocycles. The first-order chi connectivity index (χ1) is 12.6. The zero-order valence-corrected chi connectivity index (χ0v) is 15.1. The van der Waals surface area contributed by atoms with E-state index >= 15 is 0 Å². The average Bonchev–Trinajstić information content (AvgIpc) is 2.69. The van der Waals surface area contributed by atoms with Crippen molar-refractivity contribution in [1.29, 1.82) is 0 Å². The second kappa shape index (κ2) is 10.1. The van der Waals surface area contributed by atoms with Crippen LogP contribution >= 0.6 is 0 Å². The maximum Gasteiger partial charge on any atom is 0.251 e. The molecule has 6 heteroatoms. The van der Waals surface area contributed by atoms with Gasteiger partial charge < -0.3 is 20.1 Å². The minimum absolute atomic E-state index is 0.0606. The summed E-state index contributed by atoms with van der Waals surface area (Å²) < 4.78 is 10.3. The number of hydrogen-bond acceptors (Lipinski definition) is 4. The van der Waals surface area contributed by atoms with Gasteiger partial charge in [0.25, 0.3) is 5.91 Å². The van der Waals surface area contributed by atoms with Gasteiger partial charge in [-0.2, -0.15) is 0 Å². The highest BCUT2D eigenvalue weighted by molar-refractivity contribution is 5.94. The van der Waals surface area contributed by atoms with Crippen LogP contribution in [0.5, 0.6) is 11.5 Å². The van der Waals surface area contributed by atoms with Crippen LogP contribution in [-0.4, -0.2) is 39.1 Å². The van der Waals surface area contributed by atoms with Gasteiger partial charge in [-0.25, -0.2) is 0 Å². The summed E-state index contributed by atoms with van der Waals surface area (Å²) in [6, 6.07) is 14.5. The number of hydrogen-bond donors (Lipinski definition) is 2. The Balaban J connectivity index is 1.67. The monoisotopic (exact) mass is 356 g/mol. The molecule has 6 nitrogen and oxygen atoms in total. The van der Waals surface area contributed by atoms with Crippen LogP contribution in [0.3, 0.4) is 0 Å². The fraction of sp³-hybridized carbons (Fsp3) is 0.300. The number of benzene rings is 2. The minimum Gasteiger partial charge on any atom is -0.497 e. The molecule has 0 aliphatic rings. The quantitative estimate of drug-likeness (QED) is 0.675. The molecule has 0 saturated carbocycles. The predicted octanol–water partition coefficient (Wildman–Crippen LogP) is 2.18. The van der Waals surface area contributed by atoms with Crippen molar-refractivity contribution in [3.05, 3.63) is 59.7 Å². The number of rotatable bonds is 9. The summed E-state index contributed by atoms with van der Waals surface area (Å²) in [4.78, 5) is 23.9. The first-order valence-corrected chi connectivity index (χ1v) is 8.45. The van der Waals surface area contributed by atoms with Crippen LogP contribution in [0.2, 0.25) is 0 Å². The lowest BCUT2D eigenvalue weighted by Crippen LogP contribution is -2.34. The van der Waals surface area contributed by atoms with Crippen molar-refractivity contribution >= 4 is 11.8 Å². The molecule has 0 fully saturated rings. The number of carbonyl (C=O) groups is 2. The summed E-state index contributed by atoms with van der Waals surface area (Å²) >= 11 is 0. The van der Waals surface area contributed by atoms with Crippen molar-refractivity contribution < 1.29 is 19.1 Å². The second-order valence-corrected chi connectivity index (χ2v) is 5.65. The lowest BCUT2D eigenvalue weighted by Gasteiger charge is -2.09. The second-order valence-electron chi connectivity index (χ2n) is 5.65. The lowest BCUT2D eigenvalue weighted by atomic mass is 10.1. The Morgan fingerprint density at radius 3 is 2.27 bits per heavy atom. The summed E-state index contributed by atoms with van der Waals surface area (Å²) in [5.74, 6) is 1.24. The van der Waals surface area contributed by atoms with E-state index in [9.17, 15) is 9.59 Å². The molecule has 2 aromatic carbocycles. The van der Waals surface area contributed by atoms with E-state index < -0.39 is 0 Å². The fourth-order valence-corrected chi connectivity index (χ4v) is 2.47. The van der Waals surface area contributed by atoms with Crippen molar-refractivity contribution in [3.63, 3.8) is 0 Å². The van der Waals surface area contributed by atoms with Gasteiger partial charge in [0.05, 0.1) is 14.2 Å². The van der Waals surface area contributed by atoms with E-state index in [-0.39, 0.29) is 11.8 Å². The summed E-state index contributed by atoms with van der Waals surface area (Å²) in [5.41, 5.74) is 1.55. The molecule has 0 saturated heterocycles. The van der Waals surface area contributed by atoms with Crippen molar-refractivity contribution in [2.75, 3.05) is 27.3 Å². The van der Waals surface area contributed by atoms with Gasteiger partial charge in [-0.05, 0) is 42.3 Å². The third-order valence-corrected chi connectivity index (χ3v) is 3.90. The van der Waals surface area contributed by atoms with Gasteiger partial charge in [-0.3, -0.25) is 9.59 Å². The number of para-hydroxylation sites is 1. The van der Waals surface area contributed by atoms with Gasteiger partial charge in [0.1, 0.15) is 11.5 Å². The molecule has 26 heavy (non-hydrogen) atoms. The summed E-state index contributed by atoms with van der Waals surface area (Å²) in [5, 5.41) is 5.57. The smallest absolute Gasteiger partial charge is 0.251 e. The van der Waals surface area contributed by atoms with Crippen molar-refractivity contribution in [2.24, 2.45) is 0 Å². The van der Waals surface area contributed by atoms with Crippen LogP contribution in [-0.2, 0) is 11.2 Å². The zero-order valence-electron chi connectivity index (χ0n) is 15.1. The minimum atomic E-state index is -0.184. The molecule has 0 radical (unpaired) electrons. The molecular weight excluding hydrogens is 332 g/mol. The van der Waals surface area contributed by atoms with Crippen LogP contribution < -0.4 is 20.1 Å². The molecule has 0 bridgehead atoms. The van der Waals surface area contributed by atoms with E-state index in [4.69, 9.17) is 9.47 Å². The van der Waals surface area contributed by atoms with Crippen LogP contribution in [0.4, 0.5) is 0 Å². The molecule has 2 aromatic rings. The molecule has 0 unspecified atom stereocenters. The average molecular weight is 356 g/mol. The molecule has 2 rings (SSSR count). The van der Waals surface area contributed by atoms with E-state index in [0.29, 0.717) is 37.2 Å². The highest BCUT2D eigenvalue weighted by atomic mass is 16.5. The van der Waals surface area contributed by atoms with Gasteiger partial charge in [-0.1, -0.05) is 18.2 Å². The Bertz CT molecular complexity index is 729. The summed E-state index contributed by atoms with van der Waals surface area (Å²) in [6.45, 7) is 0.748. The summed E-state index contributed by atoms with van der Waals surface area (Å²) in [7, 11) is 3.19. The number of aryl methyl sites for hydroxylation is 1. The number of methoxy groups -OCH3 is 2. The Hall–Kier alpha value is -3.02. The maximum atomic E-state index is 12.0. The normalized spacial score (nSPS) is 10.1. The molecule has 0 aliphatic carbocycles. The Labute approximate surface area is 153 Å². The van der Waals surface area contributed by atoms with E-state index in [1.807, 2.05) is 24.3 Å². The first-order valence-electron chi connectivity index (χ1n) is 8.45. The lowest BCUT2D eigenvalue weighted by molar-refractivity contribution is -0.121. The Kier molecular flexibility index (Phi) is 7.49. The fourth-order valence-electron chi connectivity index (χ4n) is 2.47. The van der Waals surface area contributed by atoms with Crippen LogP contribution in [0, 0.1) is 0 Å². The molecule has 2 amide bonds. The Morgan fingerprint density at radius 2 is 1.58 bits per heavy atom. The van der Waals surface area contributed by atoms with Gasteiger partial charge in [0.15, 0.2) is 0 Å². The molecule has 0 atom stereocenters. The van der Waals surface area contributed by atoms with E-state index in [1.54, 1.807) is 38.5 Å². The predicted molar refractivity (Wildman–Crippen MR) is 99.7 cm³/mol. The van der Waals surface area contributed by atoms with Crippen LogP contribution in [0.1, 0.15) is 22.3 Å². The zero-order chi connectivity index (χ0) is 18.8. The number of nitrogens with one attached hydrogen (secondary N) is 2. The van der Waals surface area contributed by atoms with Crippen molar-refractivity contribution in [2.45, 2.75) is 12.8 Å². The van der Waals surface area contributed by atoms with Crippen LogP contribution in [0.15, 0.2) is 48.5 Å². The molecular formula is C20H24N2O4. The van der Waals surface area contributed by atoms with Crippen molar-refractivity contribution in [1.82, 2.24) is 10.6 Å². The van der Waals surface area contributed by atoms with Gasteiger partial charge in [0, 0.05) is 25.1 Å². The third-order valence-electron chi connectivity index (χ3n) is 3.90. The van der Waals surface area contributed by atoms with Gasteiger partial charge >= 0.3 is 0 Å². The first kappa shape index (κ1) is 19.3. The number of amides is 2. The standard InChI is InChI=1S/C20H24N2O4/c1-25-17-10-7-16(8-11-17)20(24)22-14-13-21-19(23)12-9-15-5-3-4-6-18(15)26-2/h3-8,10-11H,9,12-14H2,1-2H3,(H,21,23)(H,22,24). The topological polar surface area (TPSA) is 76.7 Å². The molecule has 2 N–H and O–H groups in total.